The molecule has 4 rings (SSSR count). The van der Waals surface area contributed by atoms with E-state index in [9.17, 15) is 4.79 Å². The van der Waals surface area contributed by atoms with Gasteiger partial charge in [0.2, 0.25) is 0 Å². The van der Waals surface area contributed by atoms with E-state index in [1.807, 2.05) is 36.7 Å². The summed E-state index contributed by atoms with van der Waals surface area (Å²) in [7, 11) is 0. The smallest absolute Gasteiger partial charge is 0.253 e. The first-order chi connectivity index (χ1) is 12.2. The van der Waals surface area contributed by atoms with E-state index in [-0.39, 0.29) is 18.1 Å². The van der Waals surface area contributed by atoms with Crippen LogP contribution in [0.15, 0.2) is 30.6 Å². The molecule has 2 atom stereocenters. The molecule has 1 fully saturated rings. The molecule has 1 aromatic carbocycles. The fourth-order valence-corrected chi connectivity index (χ4v) is 3.51. The predicted molar refractivity (Wildman–Crippen MR) is 93.3 cm³/mol. The zero-order chi connectivity index (χ0) is 17.4. The van der Waals surface area contributed by atoms with Crippen LogP contribution in [0.4, 0.5) is 0 Å². The molecule has 2 N–H and O–H groups in total. The standard InChI is InChI=1S/C18H21N5O2/c1-3-23-15(4-6-20-23)17-14(5-7-25-17)21-18(24)13-9-11(2)8-12-10-19-22-16(12)13/h4,6,8-10,14,17H,3,5,7H2,1-2H3,(H,19,22)(H,21,24)/t14-,17-/m0/s1. The van der Waals surface area contributed by atoms with Crippen LogP contribution in [0.5, 0.6) is 0 Å². The first-order valence-corrected chi connectivity index (χ1v) is 8.55. The van der Waals surface area contributed by atoms with Gasteiger partial charge >= 0.3 is 0 Å². The monoisotopic (exact) mass is 339 g/mol. The van der Waals surface area contributed by atoms with Crippen LogP contribution in [0.3, 0.4) is 0 Å². The van der Waals surface area contributed by atoms with Crippen LogP contribution in [0.25, 0.3) is 10.9 Å². The molecule has 25 heavy (non-hydrogen) atoms. The van der Waals surface area contributed by atoms with Crippen molar-refractivity contribution >= 4 is 16.8 Å². The highest BCUT2D eigenvalue weighted by Crippen LogP contribution is 2.29. The number of fused-ring (bicyclic) bond motifs is 1. The maximum atomic E-state index is 12.9. The first-order valence-electron chi connectivity index (χ1n) is 8.55. The number of amides is 1. The summed E-state index contributed by atoms with van der Waals surface area (Å²) in [6.45, 7) is 5.42. The molecule has 3 aromatic rings. The number of nitrogens with one attached hydrogen (secondary N) is 2. The van der Waals surface area contributed by atoms with E-state index < -0.39 is 0 Å². The van der Waals surface area contributed by atoms with Gasteiger partial charge in [-0.15, -0.1) is 0 Å². The van der Waals surface area contributed by atoms with Crippen molar-refractivity contribution in [2.24, 2.45) is 0 Å². The van der Waals surface area contributed by atoms with E-state index in [0.717, 1.165) is 35.1 Å². The number of aryl methyl sites for hydroxylation is 2. The molecule has 1 saturated heterocycles. The van der Waals surface area contributed by atoms with E-state index in [1.165, 1.54) is 0 Å². The van der Waals surface area contributed by atoms with Gasteiger partial charge in [0.1, 0.15) is 6.10 Å². The van der Waals surface area contributed by atoms with Crippen molar-refractivity contribution in [2.45, 2.75) is 39.0 Å². The number of rotatable bonds is 4. The Kier molecular flexibility index (Phi) is 4.01. The van der Waals surface area contributed by atoms with Crippen molar-refractivity contribution in [3.63, 3.8) is 0 Å². The van der Waals surface area contributed by atoms with Crippen molar-refractivity contribution in [3.8, 4) is 0 Å². The number of hydrogen-bond donors (Lipinski definition) is 2. The number of benzene rings is 1. The Morgan fingerprint density at radius 2 is 2.36 bits per heavy atom. The predicted octanol–water partition coefficient (Wildman–Crippen LogP) is 2.35. The molecule has 0 unspecified atom stereocenters. The van der Waals surface area contributed by atoms with Crippen LogP contribution >= 0.6 is 0 Å². The number of H-pyrrole nitrogens is 1. The van der Waals surface area contributed by atoms with Gasteiger partial charge in [0.15, 0.2) is 0 Å². The average molecular weight is 339 g/mol. The summed E-state index contributed by atoms with van der Waals surface area (Å²) in [5.74, 6) is -0.110. The summed E-state index contributed by atoms with van der Waals surface area (Å²) in [6, 6.07) is 5.78. The molecule has 0 bridgehead atoms. The third-order valence-electron chi connectivity index (χ3n) is 4.69. The van der Waals surface area contributed by atoms with E-state index in [2.05, 4.69) is 20.6 Å². The molecule has 0 aliphatic carbocycles. The van der Waals surface area contributed by atoms with E-state index in [1.54, 1.807) is 12.4 Å². The lowest BCUT2D eigenvalue weighted by Crippen LogP contribution is -2.37. The van der Waals surface area contributed by atoms with Gasteiger partial charge in [0.25, 0.3) is 5.91 Å². The largest absolute Gasteiger partial charge is 0.370 e. The fraction of sp³-hybridized carbons (Fsp3) is 0.389. The number of ether oxygens (including phenoxy) is 1. The van der Waals surface area contributed by atoms with Gasteiger partial charge in [-0.2, -0.15) is 10.2 Å². The molecular formula is C18H21N5O2. The third-order valence-corrected chi connectivity index (χ3v) is 4.69. The summed E-state index contributed by atoms with van der Waals surface area (Å²) in [5, 5.41) is 15.4. The van der Waals surface area contributed by atoms with Gasteiger partial charge in [0, 0.05) is 24.7 Å². The molecule has 1 aliphatic rings. The quantitative estimate of drug-likeness (QED) is 0.764. The number of aromatic nitrogens is 4. The van der Waals surface area contributed by atoms with Crippen molar-refractivity contribution in [1.29, 1.82) is 0 Å². The highest BCUT2D eigenvalue weighted by atomic mass is 16.5. The van der Waals surface area contributed by atoms with Crippen molar-refractivity contribution in [2.75, 3.05) is 6.61 Å². The van der Waals surface area contributed by atoms with Crippen LogP contribution in [-0.4, -0.2) is 38.5 Å². The summed E-state index contributed by atoms with van der Waals surface area (Å²) < 4.78 is 7.80. The van der Waals surface area contributed by atoms with Crippen LogP contribution < -0.4 is 5.32 Å². The number of carbonyl (C=O) groups is 1. The first kappa shape index (κ1) is 15.8. The summed E-state index contributed by atoms with van der Waals surface area (Å²) in [6.07, 6.45) is 4.12. The number of nitrogens with zero attached hydrogens (tertiary/aromatic N) is 3. The fourth-order valence-electron chi connectivity index (χ4n) is 3.51. The molecule has 1 aliphatic heterocycles. The minimum Gasteiger partial charge on any atom is -0.370 e. The zero-order valence-corrected chi connectivity index (χ0v) is 14.3. The number of carbonyl (C=O) groups excluding carboxylic acids is 1. The van der Waals surface area contributed by atoms with Gasteiger partial charge in [-0.1, -0.05) is 0 Å². The molecule has 1 amide bonds. The molecule has 0 radical (unpaired) electrons. The molecule has 3 heterocycles. The van der Waals surface area contributed by atoms with Crippen LogP contribution in [0, 0.1) is 6.92 Å². The SMILES string of the molecule is CCn1nccc1[C@H]1OCC[C@@H]1NC(=O)c1cc(C)cc2cn[nH]c12. The maximum Gasteiger partial charge on any atom is 0.253 e. The van der Waals surface area contributed by atoms with E-state index in [0.29, 0.717) is 12.2 Å². The molecule has 7 nitrogen and oxygen atoms in total. The topological polar surface area (TPSA) is 84.8 Å². The minimum absolute atomic E-state index is 0.0759. The Morgan fingerprint density at radius 3 is 3.20 bits per heavy atom. The van der Waals surface area contributed by atoms with Gasteiger partial charge in [-0.25, -0.2) is 0 Å². The lowest BCUT2D eigenvalue weighted by atomic mass is 10.0. The zero-order valence-electron chi connectivity index (χ0n) is 14.3. The second kappa shape index (κ2) is 6.33. The van der Waals surface area contributed by atoms with E-state index in [4.69, 9.17) is 4.74 Å². The van der Waals surface area contributed by atoms with Crippen LogP contribution in [-0.2, 0) is 11.3 Å². The van der Waals surface area contributed by atoms with Gasteiger partial charge in [-0.05, 0) is 44.0 Å². The van der Waals surface area contributed by atoms with Crippen molar-refractivity contribution < 1.29 is 9.53 Å². The van der Waals surface area contributed by atoms with Crippen LogP contribution in [0.2, 0.25) is 0 Å². The van der Waals surface area contributed by atoms with Crippen molar-refractivity contribution in [1.82, 2.24) is 25.3 Å². The minimum atomic E-state index is -0.173. The lowest BCUT2D eigenvalue weighted by molar-refractivity contribution is 0.0789. The van der Waals surface area contributed by atoms with Gasteiger partial charge in [-0.3, -0.25) is 14.6 Å². The second-order valence-corrected chi connectivity index (χ2v) is 6.38. The summed E-state index contributed by atoms with van der Waals surface area (Å²) >= 11 is 0. The normalized spacial score (nSPS) is 20.2. The number of hydrogen-bond acceptors (Lipinski definition) is 4. The average Bonchev–Trinajstić information content (AvgIpc) is 3.33. The van der Waals surface area contributed by atoms with Crippen molar-refractivity contribution in [3.05, 3.63) is 47.4 Å². The van der Waals surface area contributed by atoms with Gasteiger partial charge in [0.05, 0.1) is 29.0 Å². The third kappa shape index (κ3) is 2.80. The highest BCUT2D eigenvalue weighted by Gasteiger charge is 2.33. The molecular weight excluding hydrogens is 318 g/mol. The Balaban J connectivity index is 1.60. The molecule has 130 valence electrons. The maximum absolute atomic E-state index is 12.9. The summed E-state index contributed by atoms with van der Waals surface area (Å²) in [4.78, 5) is 12.9. The molecule has 0 spiro atoms. The second-order valence-electron chi connectivity index (χ2n) is 6.38. The Labute approximate surface area is 145 Å². The van der Waals surface area contributed by atoms with Gasteiger partial charge < -0.3 is 10.1 Å². The Hall–Kier alpha value is -2.67. The lowest BCUT2D eigenvalue weighted by Gasteiger charge is -2.21. The molecule has 0 saturated carbocycles. The highest BCUT2D eigenvalue weighted by molar-refractivity contribution is 6.05. The number of aromatic amines is 1. The molecule has 2 aromatic heterocycles. The molecule has 7 heteroatoms. The summed E-state index contributed by atoms with van der Waals surface area (Å²) in [5.41, 5.74) is 3.41. The van der Waals surface area contributed by atoms with E-state index >= 15 is 0 Å². The Bertz CT molecular complexity index is 913. The Morgan fingerprint density at radius 1 is 1.48 bits per heavy atom. The van der Waals surface area contributed by atoms with Crippen LogP contribution in [0.1, 0.15) is 41.1 Å².